The molecule has 0 radical (unpaired) electrons. The van der Waals surface area contributed by atoms with Gasteiger partial charge >= 0.3 is 0 Å². The van der Waals surface area contributed by atoms with Gasteiger partial charge in [0, 0.05) is 12.6 Å². The molecule has 1 aromatic carbocycles. The Bertz CT molecular complexity index is 705. The van der Waals surface area contributed by atoms with Crippen molar-refractivity contribution in [3.05, 3.63) is 52.9 Å². The predicted molar refractivity (Wildman–Crippen MR) is 74.3 cm³/mol. The maximum absolute atomic E-state index is 5.95. The van der Waals surface area contributed by atoms with Crippen LogP contribution in [0.25, 0.3) is 5.78 Å². The van der Waals surface area contributed by atoms with E-state index in [0.29, 0.717) is 17.5 Å². The molecule has 0 bridgehead atoms. The van der Waals surface area contributed by atoms with Crippen LogP contribution in [0.4, 0.5) is 5.82 Å². The Balaban J connectivity index is 1.85. The van der Waals surface area contributed by atoms with E-state index in [9.17, 15) is 0 Å². The molecule has 5 nitrogen and oxygen atoms in total. The predicted octanol–water partition coefficient (Wildman–Crippen LogP) is 2.70. The number of hydrogen-bond donors (Lipinski definition) is 1. The minimum Gasteiger partial charge on any atom is -0.366 e. The summed E-state index contributed by atoms with van der Waals surface area (Å²) in [5.41, 5.74) is 2.43. The average Bonchev–Trinajstić information content (AvgIpc) is 2.85. The van der Waals surface area contributed by atoms with Crippen molar-refractivity contribution in [2.75, 3.05) is 5.32 Å². The van der Waals surface area contributed by atoms with E-state index in [1.165, 1.54) is 17.5 Å². The Morgan fingerprint density at radius 3 is 2.84 bits per heavy atom. The first-order chi connectivity index (χ1) is 9.22. The Kier molecular flexibility index (Phi) is 3.05. The first kappa shape index (κ1) is 11.9. The second kappa shape index (κ2) is 4.85. The summed E-state index contributed by atoms with van der Waals surface area (Å²) in [6.07, 6.45) is 1.45. The van der Waals surface area contributed by atoms with Gasteiger partial charge in [-0.3, -0.25) is 0 Å². The summed E-state index contributed by atoms with van der Waals surface area (Å²) < 4.78 is 1.63. The number of aryl methyl sites for hydroxylation is 1. The SMILES string of the molecule is Cc1ccc(CNc2cc(Cl)nc3ncnn23)cc1. The summed E-state index contributed by atoms with van der Waals surface area (Å²) in [7, 11) is 0. The van der Waals surface area contributed by atoms with Gasteiger partial charge in [0.05, 0.1) is 0 Å². The normalized spacial score (nSPS) is 10.8. The maximum atomic E-state index is 5.95. The van der Waals surface area contributed by atoms with Crippen LogP contribution in [-0.2, 0) is 6.54 Å². The minimum absolute atomic E-state index is 0.395. The first-order valence-electron chi connectivity index (χ1n) is 5.88. The molecule has 0 saturated carbocycles. The standard InChI is InChI=1S/C13H12ClN5/c1-9-2-4-10(5-3-9)7-15-12-6-11(14)18-13-16-8-17-19(12)13/h2-6,8,15H,7H2,1H3. The van der Waals surface area contributed by atoms with E-state index in [4.69, 9.17) is 11.6 Å². The number of rotatable bonds is 3. The molecule has 3 rings (SSSR count). The minimum atomic E-state index is 0.395. The molecule has 0 spiro atoms. The van der Waals surface area contributed by atoms with Gasteiger partial charge in [0.2, 0.25) is 0 Å². The number of anilines is 1. The van der Waals surface area contributed by atoms with Crippen molar-refractivity contribution in [3.8, 4) is 0 Å². The third-order valence-electron chi connectivity index (χ3n) is 2.81. The van der Waals surface area contributed by atoms with Crippen LogP contribution >= 0.6 is 11.6 Å². The van der Waals surface area contributed by atoms with E-state index in [1.54, 1.807) is 10.6 Å². The summed E-state index contributed by atoms with van der Waals surface area (Å²) in [4.78, 5) is 8.10. The van der Waals surface area contributed by atoms with Gasteiger partial charge in [-0.25, -0.2) is 0 Å². The third kappa shape index (κ3) is 2.51. The highest BCUT2D eigenvalue weighted by Crippen LogP contribution is 2.15. The molecule has 6 heteroatoms. The first-order valence-corrected chi connectivity index (χ1v) is 6.26. The molecule has 96 valence electrons. The quantitative estimate of drug-likeness (QED) is 0.746. The molecule has 0 fully saturated rings. The largest absolute Gasteiger partial charge is 0.366 e. The lowest BCUT2D eigenvalue weighted by atomic mass is 10.1. The molecule has 1 N–H and O–H groups in total. The van der Waals surface area contributed by atoms with Crippen LogP contribution in [0, 0.1) is 6.92 Å². The molecule has 0 aliphatic heterocycles. The van der Waals surface area contributed by atoms with E-state index >= 15 is 0 Å². The van der Waals surface area contributed by atoms with Crippen molar-refractivity contribution in [2.45, 2.75) is 13.5 Å². The average molecular weight is 274 g/mol. The Morgan fingerprint density at radius 2 is 2.05 bits per heavy atom. The number of halogens is 1. The summed E-state index contributed by atoms with van der Waals surface area (Å²) in [6.45, 7) is 2.76. The lowest BCUT2D eigenvalue weighted by molar-refractivity contribution is 0.925. The molecule has 2 aromatic heterocycles. The van der Waals surface area contributed by atoms with E-state index < -0.39 is 0 Å². The van der Waals surface area contributed by atoms with Crippen molar-refractivity contribution >= 4 is 23.2 Å². The van der Waals surface area contributed by atoms with Gasteiger partial charge in [0.25, 0.3) is 5.78 Å². The van der Waals surface area contributed by atoms with E-state index in [0.717, 1.165) is 5.82 Å². The Hall–Kier alpha value is -2.14. The van der Waals surface area contributed by atoms with Gasteiger partial charge in [-0.2, -0.15) is 19.6 Å². The molecule has 0 saturated heterocycles. The molecule has 3 aromatic rings. The molecule has 0 aliphatic carbocycles. The summed E-state index contributed by atoms with van der Waals surface area (Å²) in [5, 5.41) is 7.79. The van der Waals surface area contributed by atoms with Gasteiger partial charge in [0.15, 0.2) is 0 Å². The van der Waals surface area contributed by atoms with Crippen LogP contribution in [0.1, 0.15) is 11.1 Å². The molecule has 0 amide bonds. The number of aromatic nitrogens is 4. The fourth-order valence-corrected chi connectivity index (χ4v) is 1.99. The molecular weight excluding hydrogens is 262 g/mol. The summed E-state index contributed by atoms with van der Waals surface area (Å²) >= 11 is 5.95. The van der Waals surface area contributed by atoms with Gasteiger partial charge in [-0.15, -0.1) is 0 Å². The molecule has 0 atom stereocenters. The highest BCUT2D eigenvalue weighted by Gasteiger charge is 2.05. The molecule has 2 heterocycles. The zero-order chi connectivity index (χ0) is 13.2. The van der Waals surface area contributed by atoms with Gasteiger partial charge in [-0.05, 0) is 12.5 Å². The fraction of sp³-hybridized carbons (Fsp3) is 0.154. The number of nitrogens with one attached hydrogen (secondary N) is 1. The highest BCUT2D eigenvalue weighted by molar-refractivity contribution is 6.29. The highest BCUT2D eigenvalue weighted by atomic mass is 35.5. The molecule has 19 heavy (non-hydrogen) atoms. The number of benzene rings is 1. The van der Waals surface area contributed by atoms with E-state index in [1.807, 2.05) is 0 Å². The van der Waals surface area contributed by atoms with Gasteiger partial charge in [-0.1, -0.05) is 41.4 Å². The van der Waals surface area contributed by atoms with Crippen molar-refractivity contribution in [2.24, 2.45) is 0 Å². The molecule has 0 aliphatic rings. The van der Waals surface area contributed by atoms with Crippen molar-refractivity contribution in [1.29, 1.82) is 0 Å². The third-order valence-corrected chi connectivity index (χ3v) is 3.01. The fourth-order valence-electron chi connectivity index (χ4n) is 1.81. The van der Waals surface area contributed by atoms with Crippen molar-refractivity contribution in [1.82, 2.24) is 19.6 Å². The van der Waals surface area contributed by atoms with Gasteiger partial charge in [0.1, 0.15) is 17.3 Å². The monoisotopic (exact) mass is 273 g/mol. The molecular formula is C13H12ClN5. The van der Waals surface area contributed by atoms with Crippen molar-refractivity contribution in [3.63, 3.8) is 0 Å². The van der Waals surface area contributed by atoms with Gasteiger partial charge < -0.3 is 5.32 Å². The lowest BCUT2D eigenvalue weighted by Gasteiger charge is -2.08. The van der Waals surface area contributed by atoms with Crippen LogP contribution in [0.5, 0.6) is 0 Å². The van der Waals surface area contributed by atoms with Crippen LogP contribution < -0.4 is 5.32 Å². The van der Waals surface area contributed by atoms with Crippen LogP contribution in [0.3, 0.4) is 0 Å². The smallest absolute Gasteiger partial charge is 0.255 e. The number of hydrogen-bond acceptors (Lipinski definition) is 4. The van der Waals surface area contributed by atoms with Crippen LogP contribution in [-0.4, -0.2) is 19.6 Å². The van der Waals surface area contributed by atoms with Crippen LogP contribution in [0.15, 0.2) is 36.7 Å². The Morgan fingerprint density at radius 1 is 1.26 bits per heavy atom. The second-order valence-electron chi connectivity index (χ2n) is 4.28. The topological polar surface area (TPSA) is 55.1 Å². The summed E-state index contributed by atoms with van der Waals surface area (Å²) in [6, 6.07) is 10.1. The Labute approximate surface area is 115 Å². The zero-order valence-corrected chi connectivity index (χ0v) is 11.1. The number of fused-ring (bicyclic) bond motifs is 1. The maximum Gasteiger partial charge on any atom is 0.255 e. The lowest BCUT2D eigenvalue weighted by Crippen LogP contribution is -2.06. The number of nitrogens with zero attached hydrogens (tertiary/aromatic N) is 4. The van der Waals surface area contributed by atoms with Crippen LogP contribution in [0.2, 0.25) is 5.15 Å². The summed E-state index contributed by atoms with van der Waals surface area (Å²) in [5.74, 6) is 1.26. The molecule has 0 unspecified atom stereocenters. The van der Waals surface area contributed by atoms with E-state index in [-0.39, 0.29) is 0 Å². The van der Waals surface area contributed by atoms with Crippen molar-refractivity contribution < 1.29 is 0 Å². The second-order valence-corrected chi connectivity index (χ2v) is 4.66. The van der Waals surface area contributed by atoms with E-state index in [2.05, 4.69) is 51.6 Å². The zero-order valence-electron chi connectivity index (χ0n) is 10.3.